The summed E-state index contributed by atoms with van der Waals surface area (Å²) >= 11 is 0. The molecule has 6 fully saturated rings. The van der Waals surface area contributed by atoms with Gasteiger partial charge < -0.3 is 49.2 Å². The third-order valence-corrected chi connectivity index (χ3v) is 23.6. The van der Waals surface area contributed by atoms with Crippen LogP contribution in [0.5, 0.6) is 0 Å². The quantitative estimate of drug-likeness (QED) is 0.0682. The molecular weight excluding hydrogens is 1400 g/mol. The number of benzene rings is 5. The van der Waals surface area contributed by atoms with Crippen molar-refractivity contribution in [2.75, 3.05) is 79.2 Å². The van der Waals surface area contributed by atoms with E-state index in [0.717, 1.165) is 183 Å². The van der Waals surface area contributed by atoms with E-state index in [4.69, 9.17) is 4.74 Å². The zero-order valence-electron chi connectivity index (χ0n) is 63.9. The Labute approximate surface area is 639 Å². The Bertz CT molecular complexity index is 5070. The van der Waals surface area contributed by atoms with Crippen LogP contribution >= 0.6 is 0 Å². The number of aromatic nitrogens is 8. The normalized spacial score (nSPS) is 17.9. The Morgan fingerprint density at radius 1 is 0.555 bits per heavy atom. The smallest absolute Gasteiger partial charge is 0.272 e. The largest absolute Gasteiger partial charge is 0.383 e. The molecule has 11 aromatic rings. The van der Waals surface area contributed by atoms with Gasteiger partial charge in [0, 0.05) is 167 Å². The fourth-order valence-electron chi connectivity index (χ4n) is 17.5. The van der Waals surface area contributed by atoms with Crippen LogP contribution in [0.3, 0.4) is 0 Å². The van der Waals surface area contributed by atoms with Gasteiger partial charge in [-0.05, 0) is 220 Å². The van der Waals surface area contributed by atoms with Crippen LogP contribution in [0.4, 0.5) is 17.6 Å². The van der Waals surface area contributed by atoms with Gasteiger partial charge in [-0.25, -0.2) is 17.6 Å². The first-order valence-electron chi connectivity index (χ1n) is 39.3. The topological polar surface area (TPSA) is 210 Å². The number of nitrogens with zero attached hydrogens (tertiary/aromatic N) is 9. The number of nitrogens with one attached hydrogen (secondary N) is 4. The standard InChI is InChI=1S/C23H23FN2O.C22H27FN4O.C21H25FN4O.C21H26FN3O3/c24-18-6-7-19-20(15-25-21(19)14-18)16-8-12-26(13-9-16)22(27)23(10-11-23)17-4-2-1-3-5-17;1-14(2)10-17-12-21(26(3)25-17)22(28)27-8-6-15(7-9-27)19-13-24-20-11-16(23)4-5-18(19)20;1-3-8-26-13-19(14(2)24-26)21(27)25-9-6-15(7-10-25)18-12-23-20-11-16(22)4-5-17(18)20;1-28-9-8-25-13-15(10-20(25)26)21(27)24-6-4-14(5-7-24)18-12-23-19-11-16(22)2-3-17(18)19/h1-7,14-16,25H,8-13H2;4-5,11-15,24H,6-10H2,1-3H3;4-5,11-13,15,23H,3,6-10H2,1-2H3;2-3,11-12,14-15,23H,4-10,13H2,1H3. The van der Waals surface area contributed by atoms with E-state index in [-0.39, 0.29) is 58.2 Å². The molecule has 0 radical (unpaired) electrons. The highest BCUT2D eigenvalue weighted by atomic mass is 19.1. The number of rotatable bonds is 16. The Morgan fingerprint density at radius 3 is 1.40 bits per heavy atom. The Morgan fingerprint density at radius 2 is 0.982 bits per heavy atom. The molecule has 17 rings (SSSR count). The van der Waals surface area contributed by atoms with E-state index in [1.807, 2.05) is 113 Å². The van der Waals surface area contributed by atoms with Crippen LogP contribution in [0.25, 0.3) is 43.6 Å². The average Bonchev–Trinajstić information content (AvgIpc) is 1.59. The monoisotopic (exact) mass is 1500 g/mol. The zero-order chi connectivity index (χ0) is 76.9. The molecule has 5 aliphatic heterocycles. The molecule has 23 heteroatoms. The summed E-state index contributed by atoms with van der Waals surface area (Å²) in [5.41, 5.74) is 12.3. The van der Waals surface area contributed by atoms with Crippen molar-refractivity contribution in [3.05, 3.63) is 214 Å². The van der Waals surface area contributed by atoms with Crippen molar-refractivity contribution in [1.82, 2.24) is 64.0 Å². The number of methoxy groups -OCH3 is 1. The van der Waals surface area contributed by atoms with Gasteiger partial charge in [-0.2, -0.15) is 10.2 Å². The minimum absolute atomic E-state index is 0.0383. The minimum Gasteiger partial charge on any atom is -0.383 e. The molecule has 1 saturated carbocycles. The van der Waals surface area contributed by atoms with Crippen molar-refractivity contribution in [2.24, 2.45) is 18.9 Å². The lowest BCUT2D eigenvalue weighted by Crippen LogP contribution is -2.43. The summed E-state index contributed by atoms with van der Waals surface area (Å²) in [7, 11) is 3.45. The molecule has 4 N–H and O–H groups in total. The summed E-state index contributed by atoms with van der Waals surface area (Å²) < 4.78 is 62.3. The highest BCUT2D eigenvalue weighted by molar-refractivity contribution is 5.96. The van der Waals surface area contributed by atoms with Gasteiger partial charge in [0.15, 0.2) is 0 Å². The third-order valence-electron chi connectivity index (χ3n) is 23.6. The number of aryl methyl sites for hydroxylation is 3. The molecule has 0 bridgehead atoms. The Kier molecular flexibility index (Phi) is 23.3. The molecule has 5 aromatic carbocycles. The second-order valence-corrected chi connectivity index (χ2v) is 31.4. The van der Waals surface area contributed by atoms with Crippen molar-refractivity contribution >= 4 is 73.1 Å². The number of aromatic amines is 4. The van der Waals surface area contributed by atoms with E-state index in [1.165, 1.54) is 64.7 Å². The first kappa shape index (κ1) is 76.5. The summed E-state index contributed by atoms with van der Waals surface area (Å²) in [5.74, 6) is 1.46. The molecule has 0 spiro atoms. The SMILES string of the molecule is CC(C)Cc1cc(C(=O)N2CCC(c3c[nH]c4cc(F)ccc34)CC2)n(C)n1.CCCn1cc(C(=O)N2CCC(c3c[nH]c4cc(F)ccc34)CC2)c(C)n1.COCCN1CC(C(=O)N2CCC(c3c[nH]c4cc(F)ccc34)CC2)CC1=O.O=C(N1CCC(c2c[nH]c3cc(F)ccc23)CC1)C1(c2ccccc2)CC1. The van der Waals surface area contributed by atoms with Crippen LogP contribution in [0.2, 0.25) is 0 Å². The predicted octanol–water partition coefficient (Wildman–Crippen LogP) is 15.8. The molecule has 1 aliphatic carbocycles. The third kappa shape index (κ3) is 16.7. The Balaban J connectivity index is 0.000000122. The zero-order valence-corrected chi connectivity index (χ0v) is 63.9. The average molecular weight is 1500 g/mol. The summed E-state index contributed by atoms with van der Waals surface area (Å²) in [4.78, 5) is 86.3. The molecule has 5 amide bonds. The summed E-state index contributed by atoms with van der Waals surface area (Å²) in [5, 5.41) is 13.3. The molecule has 578 valence electrons. The van der Waals surface area contributed by atoms with Crippen LogP contribution in [-0.4, -0.2) is 173 Å². The maximum atomic E-state index is 13.4. The van der Waals surface area contributed by atoms with E-state index in [0.29, 0.717) is 86.0 Å². The van der Waals surface area contributed by atoms with Crippen molar-refractivity contribution in [3.8, 4) is 0 Å². The van der Waals surface area contributed by atoms with Gasteiger partial charge in [0.25, 0.3) is 11.8 Å². The van der Waals surface area contributed by atoms with Crippen LogP contribution in [-0.2, 0) is 44.5 Å². The lowest BCUT2D eigenvalue weighted by atomic mass is 9.87. The van der Waals surface area contributed by atoms with Gasteiger partial charge in [0.05, 0.1) is 34.9 Å². The molecule has 110 heavy (non-hydrogen) atoms. The van der Waals surface area contributed by atoms with Gasteiger partial charge >= 0.3 is 0 Å². The number of fused-ring (bicyclic) bond motifs is 4. The second kappa shape index (κ2) is 33.5. The minimum atomic E-state index is -0.271. The predicted molar refractivity (Wildman–Crippen MR) is 419 cm³/mol. The number of amides is 5. The second-order valence-electron chi connectivity index (χ2n) is 31.4. The van der Waals surface area contributed by atoms with Gasteiger partial charge in [-0.3, -0.25) is 33.3 Å². The molecule has 1 unspecified atom stereocenters. The van der Waals surface area contributed by atoms with E-state index < -0.39 is 0 Å². The van der Waals surface area contributed by atoms with E-state index >= 15 is 0 Å². The van der Waals surface area contributed by atoms with Crippen LogP contribution in [0, 0.1) is 42.0 Å². The Hall–Kier alpha value is -10.3. The number of carbonyl (C=O) groups excluding carboxylic acids is 5. The first-order valence-corrected chi connectivity index (χ1v) is 39.3. The number of hydrogen-bond acceptors (Lipinski definition) is 8. The number of H-pyrrole nitrogens is 4. The summed E-state index contributed by atoms with van der Waals surface area (Å²) in [6.45, 7) is 16.6. The van der Waals surface area contributed by atoms with Crippen molar-refractivity contribution < 1.29 is 46.3 Å². The van der Waals surface area contributed by atoms with Gasteiger partial charge in [-0.1, -0.05) is 51.1 Å². The van der Waals surface area contributed by atoms with Crippen LogP contribution < -0.4 is 0 Å². The fraction of sp³-hybridized carbons (Fsp3) is 0.437. The highest BCUT2D eigenvalue weighted by Gasteiger charge is 2.53. The molecule has 19 nitrogen and oxygen atoms in total. The lowest BCUT2D eigenvalue weighted by Gasteiger charge is -2.34. The molecule has 6 aliphatic rings. The van der Waals surface area contributed by atoms with E-state index in [9.17, 15) is 41.5 Å². The molecule has 1 atom stereocenters. The number of carbonyl (C=O) groups is 5. The molecular formula is C87H101F4N13O6. The number of hydrogen-bond donors (Lipinski definition) is 4. The van der Waals surface area contributed by atoms with Crippen LogP contribution in [0.1, 0.15) is 182 Å². The number of halogens is 4. The highest BCUT2D eigenvalue weighted by Crippen LogP contribution is 2.50. The number of likely N-dealkylation sites (tertiary alicyclic amines) is 5. The lowest BCUT2D eigenvalue weighted by molar-refractivity contribution is -0.137. The van der Waals surface area contributed by atoms with E-state index in [2.05, 4.69) is 67.9 Å². The maximum absolute atomic E-state index is 13.4. The summed E-state index contributed by atoms with van der Waals surface area (Å²) in [6.07, 6.45) is 21.3. The van der Waals surface area contributed by atoms with Crippen LogP contribution in [0.15, 0.2) is 140 Å². The van der Waals surface area contributed by atoms with Crippen molar-refractivity contribution in [1.29, 1.82) is 0 Å². The molecule has 6 aromatic heterocycles. The molecule has 5 saturated heterocycles. The van der Waals surface area contributed by atoms with Gasteiger partial charge in [0.2, 0.25) is 17.7 Å². The van der Waals surface area contributed by atoms with Crippen molar-refractivity contribution in [2.45, 2.75) is 147 Å². The maximum Gasteiger partial charge on any atom is 0.272 e. The first-order chi connectivity index (χ1) is 53.2. The number of ether oxygens (including phenoxy) is 1. The van der Waals surface area contributed by atoms with E-state index in [1.54, 1.807) is 22.8 Å². The molecule has 11 heterocycles. The summed E-state index contributed by atoms with van der Waals surface area (Å²) in [6, 6.07) is 31.7. The van der Waals surface area contributed by atoms with Gasteiger partial charge in [0.1, 0.15) is 29.0 Å². The van der Waals surface area contributed by atoms with Gasteiger partial charge in [-0.15, -0.1) is 0 Å². The number of piperidine rings is 4. The van der Waals surface area contributed by atoms with Crippen molar-refractivity contribution in [3.63, 3.8) is 0 Å². The fourth-order valence-corrected chi connectivity index (χ4v) is 17.5.